The predicted octanol–water partition coefficient (Wildman–Crippen LogP) is 3.45. The van der Waals surface area contributed by atoms with E-state index in [1.165, 1.54) is 15.6 Å². The zero-order valence-corrected chi connectivity index (χ0v) is 21.9. The minimum atomic E-state index is -3.55. The second-order valence-corrected chi connectivity index (χ2v) is 12.6. The number of thiophene rings is 2. The zero-order valence-electron chi connectivity index (χ0n) is 19.4. The van der Waals surface area contributed by atoms with E-state index in [1.807, 2.05) is 0 Å². The minimum absolute atomic E-state index is 0.218. The average molecular weight is 541 g/mol. The number of esters is 2. The lowest BCUT2D eigenvalue weighted by molar-refractivity contribution is -0.152. The van der Waals surface area contributed by atoms with Gasteiger partial charge in [0.1, 0.15) is 9.21 Å². The van der Waals surface area contributed by atoms with Crippen LogP contribution < -0.4 is 5.32 Å². The number of aryl methyl sites for hydroxylation is 1. The summed E-state index contributed by atoms with van der Waals surface area (Å²) in [4.78, 5) is 38.7. The lowest BCUT2D eigenvalue weighted by atomic mass is 9.95. The molecule has 0 saturated carbocycles. The van der Waals surface area contributed by atoms with Crippen LogP contribution in [0.15, 0.2) is 21.7 Å². The number of hydrogen-bond acceptors (Lipinski definition) is 9. The first kappa shape index (κ1) is 25.8. The van der Waals surface area contributed by atoms with Crippen molar-refractivity contribution in [2.45, 2.75) is 49.7 Å². The van der Waals surface area contributed by atoms with Crippen molar-refractivity contribution in [3.05, 3.63) is 33.5 Å². The van der Waals surface area contributed by atoms with Gasteiger partial charge in [-0.2, -0.15) is 4.31 Å². The van der Waals surface area contributed by atoms with E-state index in [0.717, 1.165) is 47.5 Å². The SMILES string of the molecule is CCOC(=O)c1c(NC(=O)COC(=O)C2CCN(S(=O)(=O)c3cccs3)CC2)sc2c1CCCC2. The Hall–Kier alpha value is -2.28. The fourth-order valence-electron chi connectivity index (χ4n) is 4.36. The summed E-state index contributed by atoms with van der Waals surface area (Å²) in [6.07, 6.45) is 4.30. The number of ether oxygens (including phenoxy) is 2. The Labute approximate surface area is 212 Å². The summed E-state index contributed by atoms with van der Waals surface area (Å²) in [6.45, 7) is 1.93. The van der Waals surface area contributed by atoms with Gasteiger partial charge in [0.05, 0.1) is 18.1 Å². The van der Waals surface area contributed by atoms with Gasteiger partial charge in [-0.15, -0.1) is 22.7 Å². The van der Waals surface area contributed by atoms with Crippen LogP contribution >= 0.6 is 22.7 Å². The number of amides is 1. The Morgan fingerprint density at radius 2 is 1.89 bits per heavy atom. The summed E-state index contributed by atoms with van der Waals surface area (Å²) < 4.78 is 37.4. The molecule has 2 aromatic heterocycles. The number of rotatable bonds is 8. The number of carbonyl (C=O) groups excluding carboxylic acids is 3. The quantitative estimate of drug-likeness (QED) is 0.510. The van der Waals surface area contributed by atoms with Crippen LogP contribution in [0.4, 0.5) is 5.00 Å². The van der Waals surface area contributed by atoms with Gasteiger partial charge in [-0.25, -0.2) is 13.2 Å². The summed E-state index contributed by atoms with van der Waals surface area (Å²) in [5, 5.41) is 4.87. The number of anilines is 1. The van der Waals surface area contributed by atoms with Crippen LogP contribution in [0.1, 0.15) is 53.4 Å². The minimum Gasteiger partial charge on any atom is -0.462 e. The van der Waals surface area contributed by atoms with Crippen LogP contribution in [0.3, 0.4) is 0 Å². The molecule has 0 radical (unpaired) electrons. The molecule has 4 rings (SSSR count). The maximum absolute atomic E-state index is 12.6. The standard InChI is InChI=1S/C23H28N2O7S3/c1-2-31-23(28)20-16-6-3-4-7-17(16)34-21(20)24-18(26)14-32-22(27)15-9-11-25(12-10-15)35(29,30)19-8-5-13-33-19/h5,8,13,15H,2-4,6-7,9-12,14H2,1H3,(H,24,26). The maximum Gasteiger partial charge on any atom is 0.341 e. The fourth-order valence-corrected chi connectivity index (χ4v) is 8.27. The molecule has 1 fully saturated rings. The molecule has 1 aliphatic carbocycles. The van der Waals surface area contributed by atoms with Gasteiger partial charge in [0.25, 0.3) is 15.9 Å². The molecular formula is C23H28N2O7S3. The molecule has 9 nitrogen and oxygen atoms in total. The molecule has 35 heavy (non-hydrogen) atoms. The van der Waals surface area contributed by atoms with E-state index in [4.69, 9.17) is 9.47 Å². The van der Waals surface area contributed by atoms with Crippen molar-refractivity contribution >= 4 is 55.5 Å². The molecule has 1 amide bonds. The van der Waals surface area contributed by atoms with E-state index >= 15 is 0 Å². The number of nitrogens with zero attached hydrogens (tertiary/aromatic N) is 1. The van der Waals surface area contributed by atoms with Crippen molar-refractivity contribution in [3.63, 3.8) is 0 Å². The van der Waals surface area contributed by atoms with Crippen LogP contribution in [-0.2, 0) is 41.9 Å². The third-order valence-electron chi connectivity index (χ3n) is 6.13. The van der Waals surface area contributed by atoms with E-state index < -0.39 is 40.4 Å². The molecule has 1 N–H and O–H groups in total. The predicted molar refractivity (Wildman–Crippen MR) is 132 cm³/mol. The Morgan fingerprint density at radius 3 is 2.57 bits per heavy atom. The van der Waals surface area contributed by atoms with Crippen LogP contribution in [0.25, 0.3) is 0 Å². The average Bonchev–Trinajstić information content (AvgIpc) is 3.51. The van der Waals surface area contributed by atoms with Crippen LogP contribution in [0.2, 0.25) is 0 Å². The first-order chi connectivity index (χ1) is 16.8. The first-order valence-corrected chi connectivity index (χ1v) is 14.8. The number of nitrogens with one attached hydrogen (secondary N) is 1. The molecule has 0 unspecified atom stereocenters. The highest BCUT2D eigenvalue weighted by Gasteiger charge is 2.33. The highest BCUT2D eigenvalue weighted by atomic mass is 32.2. The molecule has 0 spiro atoms. The van der Waals surface area contributed by atoms with E-state index in [2.05, 4.69) is 5.32 Å². The van der Waals surface area contributed by atoms with Crippen LogP contribution in [-0.4, -0.2) is 56.9 Å². The van der Waals surface area contributed by atoms with Gasteiger partial charge < -0.3 is 14.8 Å². The number of fused-ring (bicyclic) bond motifs is 1. The number of piperidine rings is 1. The first-order valence-electron chi connectivity index (χ1n) is 11.6. The Balaban J connectivity index is 1.31. The third kappa shape index (κ3) is 5.76. The topological polar surface area (TPSA) is 119 Å². The van der Waals surface area contributed by atoms with Gasteiger partial charge in [0, 0.05) is 18.0 Å². The van der Waals surface area contributed by atoms with Crippen molar-refractivity contribution < 1.29 is 32.3 Å². The molecule has 0 atom stereocenters. The summed E-state index contributed by atoms with van der Waals surface area (Å²) in [5.41, 5.74) is 1.35. The van der Waals surface area contributed by atoms with Crippen LogP contribution in [0.5, 0.6) is 0 Å². The van der Waals surface area contributed by atoms with Gasteiger partial charge in [-0.3, -0.25) is 9.59 Å². The molecule has 0 bridgehead atoms. The van der Waals surface area contributed by atoms with Gasteiger partial charge in [-0.1, -0.05) is 6.07 Å². The molecule has 2 aliphatic rings. The smallest absolute Gasteiger partial charge is 0.341 e. The molecule has 0 aromatic carbocycles. The summed E-state index contributed by atoms with van der Waals surface area (Å²) in [5.74, 6) is -1.98. The maximum atomic E-state index is 12.6. The van der Waals surface area contributed by atoms with Gasteiger partial charge in [0.2, 0.25) is 0 Å². The molecule has 12 heteroatoms. The molecule has 1 aliphatic heterocycles. The largest absolute Gasteiger partial charge is 0.462 e. The third-order valence-corrected chi connectivity index (χ3v) is 10.6. The molecule has 190 valence electrons. The number of carbonyl (C=O) groups is 3. The molecular weight excluding hydrogens is 512 g/mol. The van der Waals surface area contributed by atoms with E-state index in [1.54, 1.807) is 24.4 Å². The number of sulfonamides is 1. The highest BCUT2D eigenvalue weighted by Crippen LogP contribution is 2.38. The molecule has 1 saturated heterocycles. The Bertz CT molecular complexity index is 1180. The Kier molecular flexibility index (Phi) is 8.25. The molecule has 3 heterocycles. The summed E-state index contributed by atoms with van der Waals surface area (Å²) in [7, 11) is -3.55. The van der Waals surface area contributed by atoms with E-state index in [0.29, 0.717) is 23.4 Å². The van der Waals surface area contributed by atoms with Gasteiger partial charge in [0.15, 0.2) is 6.61 Å². The summed E-state index contributed by atoms with van der Waals surface area (Å²) in [6, 6.07) is 3.25. The lowest BCUT2D eigenvalue weighted by Gasteiger charge is -2.29. The van der Waals surface area contributed by atoms with Crippen molar-refractivity contribution in [1.29, 1.82) is 0 Å². The van der Waals surface area contributed by atoms with Crippen molar-refractivity contribution in [3.8, 4) is 0 Å². The van der Waals surface area contributed by atoms with Crippen molar-refractivity contribution in [1.82, 2.24) is 4.31 Å². The van der Waals surface area contributed by atoms with E-state index in [-0.39, 0.29) is 23.9 Å². The number of hydrogen-bond donors (Lipinski definition) is 1. The summed E-state index contributed by atoms with van der Waals surface area (Å²) >= 11 is 2.54. The van der Waals surface area contributed by atoms with E-state index in [9.17, 15) is 22.8 Å². The second-order valence-electron chi connectivity index (χ2n) is 8.40. The normalized spacial score (nSPS) is 16.9. The second kappa shape index (κ2) is 11.2. The van der Waals surface area contributed by atoms with Gasteiger partial charge in [-0.05, 0) is 62.5 Å². The van der Waals surface area contributed by atoms with Gasteiger partial charge >= 0.3 is 11.9 Å². The monoisotopic (exact) mass is 540 g/mol. The van der Waals surface area contributed by atoms with Crippen LogP contribution in [0, 0.1) is 5.92 Å². The highest BCUT2D eigenvalue weighted by molar-refractivity contribution is 7.91. The lowest BCUT2D eigenvalue weighted by Crippen LogP contribution is -2.40. The zero-order chi connectivity index (χ0) is 25.0. The molecule has 2 aromatic rings. The van der Waals surface area contributed by atoms with Crippen molar-refractivity contribution in [2.24, 2.45) is 5.92 Å². The fraction of sp³-hybridized carbons (Fsp3) is 0.522. The Morgan fingerprint density at radius 1 is 1.14 bits per heavy atom. The van der Waals surface area contributed by atoms with Crippen molar-refractivity contribution in [2.75, 3.05) is 31.6 Å².